The predicted molar refractivity (Wildman–Crippen MR) is 124 cm³/mol. The van der Waals surface area contributed by atoms with E-state index in [2.05, 4.69) is 16.0 Å². The maximum Gasteiger partial charge on any atom is 0.326 e. The first kappa shape index (κ1) is 28.9. The molecular weight excluding hydrogens is 468 g/mol. The lowest BCUT2D eigenvalue weighted by molar-refractivity contribution is -0.143. The highest BCUT2D eigenvalue weighted by Crippen LogP contribution is 2.04. The molecule has 0 aromatic heterocycles. The Morgan fingerprint density at radius 1 is 0.912 bits per heavy atom. The SMILES string of the molecule is CSCCC(NC(=O)C(CO)NC(=O)C(CC(=O)O)NC(=O)C(N)Cc1ccccc1)C(=O)O. The van der Waals surface area contributed by atoms with Crippen LogP contribution < -0.4 is 21.7 Å². The number of nitrogens with two attached hydrogens (primary N) is 1. The van der Waals surface area contributed by atoms with Gasteiger partial charge in [-0.05, 0) is 30.4 Å². The fraction of sp³-hybridized carbons (Fsp3) is 0.476. The van der Waals surface area contributed by atoms with Gasteiger partial charge < -0.3 is 37.0 Å². The average molecular weight is 499 g/mol. The largest absolute Gasteiger partial charge is 0.481 e. The molecule has 13 heteroatoms. The van der Waals surface area contributed by atoms with Crippen molar-refractivity contribution in [1.29, 1.82) is 0 Å². The van der Waals surface area contributed by atoms with Crippen LogP contribution in [0.1, 0.15) is 18.4 Å². The number of hydrogen-bond acceptors (Lipinski definition) is 8. The molecule has 1 aromatic carbocycles. The number of carboxylic acids is 2. The number of benzene rings is 1. The standard InChI is InChI=1S/C21H30N4O8S/c1-34-8-7-14(21(32)33)23-20(31)16(11-26)25-19(30)15(10-17(27)28)24-18(29)13(22)9-12-5-3-2-4-6-12/h2-6,13-16,26H,7-11,22H2,1H3,(H,23,31)(H,24,29)(H,25,30)(H,27,28)(H,32,33). The Hall–Kier alpha value is -3.16. The summed E-state index contributed by atoms with van der Waals surface area (Å²) in [5.41, 5.74) is 6.63. The Bertz CT molecular complexity index is 854. The first-order valence-corrected chi connectivity index (χ1v) is 11.7. The van der Waals surface area contributed by atoms with E-state index < -0.39 is 66.9 Å². The average Bonchev–Trinajstić information content (AvgIpc) is 2.79. The van der Waals surface area contributed by atoms with Crippen LogP contribution in [0.2, 0.25) is 0 Å². The van der Waals surface area contributed by atoms with Gasteiger partial charge in [0.1, 0.15) is 18.1 Å². The van der Waals surface area contributed by atoms with Gasteiger partial charge in [0, 0.05) is 0 Å². The fourth-order valence-corrected chi connectivity index (χ4v) is 3.33. The molecule has 12 nitrogen and oxygen atoms in total. The number of aliphatic carboxylic acids is 2. The smallest absolute Gasteiger partial charge is 0.326 e. The molecule has 0 aliphatic heterocycles. The van der Waals surface area contributed by atoms with Gasteiger partial charge in [0.15, 0.2) is 0 Å². The van der Waals surface area contributed by atoms with E-state index in [0.717, 1.165) is 5.56 Å². The summed E-state index contributed by atoms with van der Waals surface area (Å²) in [4.78, 5) is 60.0. The van der Waals surface area contributed by atoms with E-state index in [1.165, 1.54) is 11.8 Å². The lowest BCUT2D eigenvalue weighted by atomic mass is 10.1. The zero-order valence-electron chi connectivity index (χ0n) is 18.6. The molecule has 188 valence electrons. The van der Waals surface area contributed by atoms with Crippen LogP contribution in [0.25, 0.3) is 0 Å². The van der Waals surface area contributed by atoms with Gasteiger partial charge >= 0.3 is 11.9 Å². The Morgan fingerprint density at radius 2 is 1.47 bits per heavy atom. The lowest BCUT2D eigenvalue weighted by Crippen LogP contribution is -2.58. The minimum Gasteiger partial charge on any atom is -0.481 e. The number of carbonyl (C=O) groups excluding carboxylic acids is 3. The van der Waals surface area contributed by atoms with Crippen molar-refractivity contribution in [3.63, 3.8) is 0 Å². The molecule has 0 spiro atoms. The summed E-state index contributed by atoms with van der Waals surface area (Å²) < 4.78 is 0. The highest BCUT2D eigenvalue weighted by molar-refractivity contribution is 7.98. The molecule has 4 atom stereocenters. The van der Waals surface area contributed by atoms with Crippen LogP contribution >= 0.6 is 11.8 Å². The first-order valence-electron chi connectivity index (χ1n) is 10.3. The van der Waals surface area contributed by atoms with Gasteiger partial charge in [0.25, 0.3) is 0 Å². The van der Waals surface area contributed by atoms with Crippen LogP contribution in [-0.2, 0) is 30.4 Å². The summed E-state index contributed by atoms with van der Waals surface area (Å²) in [6.07, 6.45) is 1.22. The van der Waals surface area contributed by atoms with Gasteiger partial charge in [-0.1, -0.05) is 30.3 Å². The molecule has 4 unspecified atom stereocenters. The highest BCUT2D eigenvalue weighted by Gasteiger charge is 2.31. The number of rotatable bonds is 15. The molecule has 0 saturated heterocycles. The molecule has 0 aliphatic rings. The zero-order valence-corrected chi connectivity index (χ0v) is 19.4. The molecule has 0 aliphatic carbocycles. The Morgan fingerprint density at radius 3 is 2.00 bits per heavy atom. The molecule has 0 bridgehead atoms. The highest BCUT2D eigenvalue weighted by atomic mass is 32.2. The molecule has 0 saturated carbocycles. The summed E-state index contributed by atoms with van der Waals surface area (Å²) in [6.45, 7) is -0.881. The third-order valence-corrected chi connectivity index (χ3v) is 5.33. The molecular formula is C21H30N4O8S. The van der Waals surface area contributed by atoms with Crippen molar-refractivity contribution >= 4 is 41.4 Å². The van der Waals surface area contributed by atoms with Crippen molar-refractivity contribution in [2.45, 2.75) is 43.4 Å². The molecule has 1 aromatic rings. The third-order valence-electron chi connectivity index (χ3n) is 4.69. The van der Waals surface area contributed by atoms with Crippen LogP contribution in [0.4, 0.5) is 0 Å². The number of aliphatic hydroxyl groups excluding tert-OH is 1. The molecule has 8 N–H and O–H groups in total. The van der Waals surface area contributed by atoms with Gasteiger partial charge in [0.2, 0.25) is 17.7 Å². The Balaban J connectivity index is 2.83. The summed E-state index contributed by atoms with van der Waals surface area (Å²) in [7, 11) is 0. The predicted octanol–water partition coefficient (Wildman–Crippen LogP) is -1.68. The minimum atomic E-state index is -1.58. The molecule has 0 heterocycles. The molecule has 3 amide bonds. The number of carbonyl (C=O) groups is 5. The van der Waals surface area contributed by atoms with Gasteiger partial charge in [-0.2, -0.15) is 11.8 Å². The Labute approximate surface area is 200 Å². The maximum atomic E-state index is 12.6. The van der Waals surface area contributed by atoms with Crippen LogP contribution in [0, 0.1) is 0 Å². The molecule has 0 radical (unpaired) electrons. The number of thioether (sulfide) groups is 1. The van der Waals surface area contributed by atoms with E-state index in [1.807, 2.05) is 0 Å². The normalized spacial score (nSPS) is 14.2. The second kappa shape index (κ2) is 14.9. The fourth-order valence-electron chi connectivity index (χ4n) is 2.86. The second-order valence-electron chi connectivity index (χ2n) is 7.38. The summed E-state index contributed by atoms with van der Waals surface area (Å²) >= 11 is 1.38. The summed E-state index contributed by atoms with van der Waals surface area (Å²) in [5.74, 6) is -5.03. The molecule has 34 heavy (non-hydrogen) atoms. The lowest BCUT2D eigenvalue weighted by Gasteiger charge is -2.23. The van der Waals surface area contributed by atoms with E-state index in [-0.39, 0.29) is 12.8 Å². The van der Waals surface area contributed by atoms with E-state index in [0.29, 0.717) is 5.75 Å². The van der Waals surface area contributed by atoms with E-state index in [9.17, 15) is 34.2 Å². The van der Waals surface area contributed by atoms with Crippen molar-refractivity contribution in [2.24, 2.45) is 5.73 Å². The van der Waals surface area contributed by atoms with Crippen LogP contribution in [-0.4, -0.2) is 87.8 Å². The van der Waals surface area contributed by atoms with Gasteiger partial charge in [-0.3, -0.25) is 19.2 Å². The van der Waals surface area contributed by atoms with E-state index in [1.54, 1.807) is 36.6 Å². The number of hydrogen-bond donors (Lipinski definition) is 7. The van der Waals surface area contributed by atoms with Crippen LogP contribution in [0.15, 0.2) is 30.3 Å². The quantitative estimate of drug-likeness (QED) is 0.146. The first-order chi connectivity index (χ1) is 16.1. The second-order valence-corrected chi connectivity index (χ2v) is 8.37. The van der Waals surface area contributed by atoms with Crippen LogP contribution in [0.3, 0.4) is 0 Å². The molecule has 1 rings (SSSR count). The number of aliphatic hydroxyl groups is 1. The van der Waals surface area contributed by atoms with Crippen molar-refractivity contribution in [1.82, 2.24) is 16.0 Å². The number of amides is 3. The topological polar surface area (TPSA) is 208 Å². The molecule has 0 fully saturated rings. The van der Waals surface area contributed by atoms with Crippen molar-refractivity contribution < 1.29 is 39.3 Å². The van der Waals surface area contributed by atoms with Crippen molar-refractivity contribution in [2.75, 3.05) is 18.6 Å². The zero-order chi connectivity index (χ0) is 25.7. The van der Waals surface area contributed by atoms with Gasteiger partial charge in [0.05, 0.1) is 19.1 Å². The summed E-state index contributed by atoms with van der Waals surface area (Å²) in [5, 5.41) is 34.5. The monoisotopic (exact) mass is 498 g/mol. The van der Waals surface area contributed by atoms with Gasteiger partial charge in [-0.25, -0.2) is 4.79 Å². The van der Waals surface area contributed by atoms with E-state index >= 15 is 0 Å². The van der Waals surface area contributed by atoms with E-state index in [4.69, 9.17) is 10.8 Å². The number of carboxylic acid groups (broad SMARTS) is 2. The third kappa shape index (κ3) is 10.2. The minimum absolute atomic E-state index is 0.116. The van der Waals surface area contributed by atoms with Crippen molar-refractivity contribution in [3.8, 4) is 0 Å². The van der Waals surface area contributed by atoms with Crippen molar-refractivity contribution in [3.05, 3.63) is 35.9 Å². The number of nitrogens with one attached hydrogen (secondary N) is 3. The van der Waals surface area contributed by atoms with Crippen LogP contribution in [0.5, 0.6) is 0 Å². The summed E-state index contributed by atoms with van der Waals surface area (Å²) in [6, 6.07) is 3.36. The maximum absolute atomic E-state index is 12.6. The Kier molecular flexibility index (Phi) is 12.6. The van der Waals surface area contributed by atoms with Gasteiger partial charge in [-0.15, -0.1) is 0 Å².